The van der Waals surface area contributed by atoms with Crippen molar-refractivity contribution in [1.82, 2.24) is 0 Å². The fraction of sp³-hybridized carbons (Fsp3) is 0.333. The first-order valence-electron chi connectivity index (χ1n) is 6.84. The van der Waals surface area contributed by atoms with Gasteiger partial charge in [-0.2, -0.15) is 0 Å². The molecular weight excluding hydrogens is 288 g/mol. The molecule has 0 atom stereocenters. The smallest absolute Gasteiger partial charge is 0.311 e. The summed E-state index contributed by atoms with van der Waals surface area (Å²) >= 11 is 1.86. The van der Waals surface area contributed by atoms with Gasteiger partial charge in [0.15, 0.2) is 5.75 Å². The van der Waals surface area contributed by atoms with E-state index in [9.17, 15) is 10.1 Å². The standard InChI is InChI=1S/C15H16N2O3S/c1-20-14-8-11(5-6-13(14)17(18)19)16-9-12-7-10-3-2-4-15(10)21-12/h5-8,16H,2-4,9H2,1H3. The molecule has 0 amide bonds. The molecule has 0 spiro atoms. The van der Waals surface area contributed by atoms with E-state index in [-0.39, 0.29) is 11.4 Å². The quantitative estimate of drug-likeness (QED) is 0.674. The Morgan fingerprint density at radius 1 is 1.38 bits per heavy atom. The number of hydrogen-bond donors (Lipinski definition) is 1. The van der Waals surface area contributed by atoms with Crippen molar-refractivity contribution in [3.63, 3.8) is 0 Å². The lowest BCUT2D eigenvalue weighted by Gasteiger charge is -2.07. The van der Waals surface area contributed by atoms with E-state index in [4.69, 9.17) is 4.74 Å². The van der Waals surface area contributed by atoms with Gasteiger partial charge in [-0.15, -0.1) is 11.3 Å². The highest BCUT2D eigenvalue weighted by Crippen LogP contribution is 2.32. The Balaban J connectivity index is 1.71. The van der Waals surface area contributed by atoms with Crippen LogP contribution in [0.4, 0.5) is 11.4 Å². The minimum Gasteiger partial charge on any atom is -0.490 e. The first-order chi connectivity index (χ1) is 10.2. The predicted molar refractivity (Wildman–Crippen MR) is 83.3 cm³/mol. The van der Waals surface area contributed by atoms with E-state index in [1.165, 1.54) is 47.8 Å². The van der Waals surface area contributed by atoms with Gasteiger partial charge in [-0.25, -0.2) is 0 Å². The molecule has 21 heavy (non-hydrogen) atoms. The van der Waals surface area contributed by atoms with Crippen LogP contribution in [0, 0.1) is 10.1 Å². The van der Waals surface area contributed by atoms with Crippen molar-refractivity contribution in [1.29, 1.82) is 0 Å². The molecule has 1 aliphatic rings. The second-order valence-corrected chi connectivity index (χ2v) is 6.23. The lowest BCUT2D eigenvalue weighted by atomic mass is 10.2. The molecule has 5 nitrogen and oxygen atoms in total. The third-order valence-electron chi connectivity index (χ3n) is 3.64. The molecule has 110 valence electrons. The average molecular weight is 304 g/mol. The summed E-state index contributed by atoms with van der Waals surface area (Å²) in [6.07, 6.45) is 3.66. The number of nitrogens with zero attached hydrogens (tertiary/aromatic N) is 1. The zero-order chi connectivity index (χ0) is 14.8. The topological polar surface area (TPSA) is 64.4 Å². The van der Waals surface area contributed by atoms with Crippen LogP contribution in [0.15, 0.2) is 24.3 Å². The van der Waals surface area contributed by atoms with Crippen LogP contribution >= 0.6 is 11.3 Å². The molecule has 0 bridgehead atoms. The van der Waals surface area contributed by atoms with E-state index in [1.54, 1.807) is 12.1 Å². The summed E-state index contributed by atoms with van der Waals surface area (Å²) in [6, 6.07) is 7.11. The van der Waals surface area contributed by atoms with Gasteiger partial charge in [0.1, 0.15) is 0 Å². The minimum absolute atomic E-state index is 0.0156. The average Bonchev–Trinajstić information content (AvgIpc) is 3.05. The Bertz CT molecular complexity index is 660. The van der Waals surface area contributed by atoms with Gasteiger partial charge in [0.05, 0.1) is 12.0 Å². The maximum absolute atomic E-state index is 10.9. The first-order valence-corrected chi connectivity index (χ1v) is 7.66. The normalized spacial score (nSPS) is 13.0. The molecule has 1 aromatic carbocycles. The Morgan fingerprint density at radius 2 is 2.24 bits per heavy atom. The third-order valence-corrected chi connectivity index (χ3v) is 4.88. The molecule has 1 aliphatic carbocycles. The zero-order valence-electron chi connectivity index (χ0n) is 11.7. The van der Waals surface area contributed by atoms with E-state index in [0.717, 1.165) is 12.2 Å². The molecule has 0 aliphatic heterocycles. The van der Waals surface area contributed by atoms with Crippen LogP contribution in [0.25, 0.3) is 0 Å². The highest BCUT2D eigenvalue weighted by Gasteiger charge is 2.16. The van der Waals surface area contributed by atoms with E-state index >= 15 is 0 Å². The van der Waals surface area contributed by atoms with Gasteiger partial charge in [0.25, 0.3) is 0 Å². The van der Waals surface area contributed by atoms with Crippen LogP contribution in [0.1, 0.15) is 21.7 Å². The summed E-state index contributed by atoms with van der Waals surface area (Å²) in [6.45, 7) is 0.735. The summed E-state index contributed by atoms with van der Waals surface area (Å²) in [4.78, 5) is 13.2. The fourth-order valence-electron chi connectivity index (χ4n) is 2.61. The number of methoxy groups -OCH3 is 1. The van der Waals surface area contributed by atoms with Crippen molar-refractivity contribution in [3.8, 4) is 5.75 Å². The molecule has 1 N–H and O–H groups in total. The van der Waals surface area contributed by atoms with Gasteiger partial charge in [-0.05, 0) is 37.0 Å². The Labute approximate surface area is 126 Å². The Hall–Kier alpha value is -2.08. The van der Waals surface area contributed by atoms with E-state index in [2.05, 4.69) is 11.4 Å². The van der Waals surface area contributed by atoms with Crippen molar-refractivity contribution >= 4 is 22.7 Å². The number of fused-ring (bicyclic) bond motifs is 1. The molecule has 6 heteroatoms. The lowest BCUT2D eigenvalue weighted by molar-refractivity contribution is -0.385. The molecule has 2 aromatic rings. The number of rotatable bonds is 5. The number of nitrogens with one attached hydrogen (secondary N) is 1. The number of thiophene rings is 1. The Kier molecular flexibility index (Phi) is 3.79. The fourth-order valence-corrected chi connectivity index (χ4v) is 3.81. The maximum Gasteiger partial charge on any atom is 0.311 e. The summed E-state index contributed by atoms with van der Waals surface area (Å²) in [7, 11) is 1.44. The third kappa shape index (κ3) is 2.85. The number of nitro benzene ring substituents is 1. The zero-order valence-corrected chi connectivity index (χ0v) is 12.5. The van der Waals surface area contributed by atoms with E-state index < -0.39 is 4.92 Å². The molecule has 0 unspecified atom stereocenters. The minimum atomic E-state index is -0.438. The van der Waals surface area contributed by atoms with Crippen LogP contribution in [-0.2, 0) is 19.4 Å². The van der Waals surface area contributed by atoms with Gasteiger partial charge in [0.2, 0.25) is 0 Å². The molecule has 0 saturated carbocycles. The molecule has 0 saturated heterocycles. The van der Waals surface area contributed by atoms with Gasteiger partial charge in [0, 0.05) is 34.1 Å². The second-order valence-electron chi connectivity index (χ2n) is 5.01. The molecule has 1 aromatic heterocycles. The molecule has 1 heterocycles. The summed E-state index contributed by atoms with van der Waals surface area (Å²) in [5, 5.41) is 14.2. The van der Waals surface area contributed by atoms with Crippen molar-refractivity contribution in [2.24, 2.45) is 0 Å². The summed E-state index contributed by atoms with van der Waals surface area (Å²) < 4.78 is 5.07. The van der Waals surface area contributed by atoms with Gasteiger partial charge in [-0.3, -0.25) is 10.1 Å². The number of hydrogen-bond acceptors (Lipinski definition) is 5. The number of anilines is 1. The van der Waals surface area contributed by atoms with Crippen LogP contribution in [0.5, 0.6) is 5.75 Å². The number of ether oxygens (including phenoxy) is 1. The lowest BCUT2D eigenvalue weighted by Crippen LogP contribution is -1.99. The maximum atomic E-state index is 10.9. The highest BCUT2D eigenvalue weighted by molar-refractivity contribution is 7.12. The second kappa shape index (κ2) is 5.73. The van der Waals surface area contributed by atoms with Crippen LogP contribution < -0.4 is 10.1 Å². The molecular formula is C15H16N2O3S. The monoisotopic (exact) mass is 304 g/mol. The van der Waals surface area contributed by atoms with Gasteiger partial charge >= 0.3 is 5.69 Å². The number of nitro groups is 1. The van der Waals surface area contributed by atoms with Crippen molar-refractivity contribution in [2.45, 2.75) is 25.8 Å². The van der Waals surface area contributed by atoms with Crippen molar-refractivity contribution in [2.75, 3.05) is 12.4 Å². The summed E-state index contributed by atoms with van der Waals surface area (Å²) in [5.41, 5.74) is 2.29. The summed E-state index contributed by atoms with van der Waals surface area (Å²) in [5.74, 6) is 0.277. The van der Waals surface area contributed by atoms with Crippen LogP contribution in [0.3, 0.4) is 0 Å². The Morgan fingerprint density at radius 3 is 2.95 bits per heavy atom. The molecule has 3 rings (SSSR count). The number of benzene rings is 1. The van der Waals surface area contributed by atoms with Crippen LogP contribution in [0.2, 0.25) is 0 Å². The van der Waals surface area contributed by atoms with Crippen LogP contribution in [-0.4, -0.2) is 12.0 Å². The molecule has 0 radical (unpaired) electrons. The van der Waals surface area contributed by atoms with Crippen molar-refractivity contribution < 1.29 is 9.66 Å². The number of aryl methyl sites for hydroxylation is 2. The first kappa shape index (κ1) is 13.9. The van der Waals surface area contributed by atoms with Gasteiger partial charge in [-0.1, -0.05) is 0 Å². The SMILES string of the molecule is COc1cc(NCc2cc3c(s2)CCC3)ccc1[N+](=O)[O-]. The van der Waals surface area contributed by atoms with Gasteiger partial charge < -0.3 is 10.1 Å². The van der Waals surface area contributed by atoms with E-state index in [1.807, 2.05) is 11.3 Å². The molecule has 0 fully saturated rings. The highest BCUT2D eigenvalue weighted by atomic mass is 32.1. The largest absolute Gasteiger partial charge is 0.490 e. The predicted octanol–water partition coefficient (Wildman–Crippen LogP) is 3.77. The van der Waals surface area contributed by atoms with Crippen molar-refractivity contribution in [3.05, 3.63) is 49.7 Å². The van der Waals surface area contributed by atoms with E-state index in [0.29, 0.717) is 0 Å².